The van der Waals surface area contributed by atoms with Gasteiger partial charge in [-0.15, -0.1) is 0 Å². The second kappa shape index (κ2) is 8.07. The van der Waals surface area contributed by atoms with Crippen LogP contribution in [-0.4, -0.2) is 25.4 Å². The van der Waals surface area contributed by atoms with Crippen molar-refractivity contribution in [1.82, 2.24) is 19.5 Å². The highest BCUT2D eigenvalue weighted by atomic mass is 19.1. The Balaban J connectivity index is 1.64. The molecule has 5 aromatic rings. The van der Waals surface area contributed by atoms with E-state index in [1.54, 1.807) is 24.3 Å². The van der Waals surface area contributed by atoms with Crippen LogP contribution in [0.25, 0.3) is 27.8 Å². The Morgan fingerprint density at radius 3 is 2.53 bits per heavy atom. The van der Waals surface area contributed by atoms with Gasteiger partial charge in [0.25, 0.3) is 11.5 Å². The van der Waals surface area contributed by atoms with Gasteiger partial charge in [0.1, 0.15) is 17.6 Å². The maximum atomic E-state index is 14.4. The Kier molecular flexibility index (Phi) is 5.05. The lowest BCUT2D eigenvalue weighted by atomic mass is 9.98. The van der Waals surface area contributed by atoms with Crippen LogP contribution in [0.15, 0.2) is 70.3 Å². The lowest BCUT2D eigenvalue weighted by Gasteiger charge is -2.13. The monoisotopic (exact) mass is 461 g/mol. The number of hydrogen-bond donors (Lipinski definition) is 1. The Morgan fingerprint density at radius 1 is 1.06 bits per heavy atom. The Bertz CT molecular complexity index is 1600. The summed E-state index contributed by atoms with van der Waals surface area (Å²) in [6.07, 6.45) is 2.77. The van der Waals surface area contributed by atoms with Crippen molar-refractivity contribution in [3.63, 3.8) is 0 Å². The van der Waals surface area contributed by atoms with Crippen molar-refractivity contribution in [3.05, 3.63) is 94.1 Å². The fourth-order valence-corrected chi connectivity index (χ4v) is 3.85. The van der Waals surface area contributed by atoms with E-state index in [0.29, 0.717) is 22.1 Å². The number of nitrogens with one attached hydrogen (secondary N) is 1. The summed E-state index contributed by atoms with van der Waals surface area (Å²) in [7, 11) is 1.50. The van der Waals surface area contributed by atoms with Crippen molar-refractivity contribution in [2.75, 3.05) is 5.32 Å². The fourth-order valence-electron chi connectivity index (χ4n) is 3.85. The van der Waals surface area contributed by atoms with Crippen LogP contribution in [0.2, 0.25) is 0 Å². The number of benzene rings is 2. The standard InChI is InChI=1S/C24H17F2N5O3/c1-13-6-7-14(22(32)28-20-8-9-34-29-20)10-16(13)17-11-15-12-27-31(23(15)30(2)24(17)33)21-18(25)4-3-5-19(21)26/h3-12H,1-2H3,(H,28,29,32). The molecule has 0 aliphatic rings. The molecule has 0 bridgehead atoms. The first-order valence-corrected chi connectivity index (χ1v) is 10.2. The molecular weight excluding hydrogens is 444 g/mol. The number of fused-ring (bicyclic) bond motifs is 1. The highest BCUT2D eigenvalue weighted by molar-refractivity contribution is 6.04. The van der Waals surface area contributed by atoms with Crippen LogP contribution in [-0.2, 0) is 7.05 Å². The predicted molar refractivity (Wildman–Crippen MR) is 121 cm³/mol. The van der Waals surface area contributed by atoms with Crippen molar-refractivity contribution in [3.8, 4) is 16.8 Å². The van der Waals surface area contributed by atoms with Crippen LogP contribution in [0.3, 0.4) is 0 Å². The number of pyridine rings is 1. The van der Waals surface area contributed by atoms with Crippen molar-refractivity contribution < 1.29 is 18.1 Å². The number of para-hydroxylation sites is 1. The zero-order valence-corrected chi connectivity index (χ0v) is 18.0. The Labute approximate surface area is 191 Å². The average molecular weight is 461 g/mol. The topological polar surface area (TPSA) is 95.0 Å². The molecule has 0 aliphatic heterocycles. The van der Waals surface area contributed by atoms with Gasteiger partial charge < -0.3 is 9.84 Å². The largest absolute Gasteiger partial charge is 0.363 e. The first-order chi connectivity index (χ1) is 16.3. The lowest BCUT2D eigenvalue weighted by Crippen LogP contribution is -2.21. The number of nitrogens with zero attached hydrogens (tertiary/aromatic N) is 4. The average Bonchev–Trinajstić information content (AvgIpc) is 3.47. The van der Waals surface area contributed by atoms with Gasteiger partial charge in [-0.2, -0.15) is 5.10 Å². The van der Waals surface area contributed by atoms with E-state index < -0.39 is 23.1 Å². The third-order valence-corrected chi connectivity index (χ3v) is 5.54. The zero-order valence-electron chi connectivity index (χ0n) is 18.0. The molecule has 3 heterocycles. The number of aromatic nitrogens is 4. The third-order valence-electron chi connectivity index (χ3n) is 5.54. The number of anilines is 1. The van der Waals surface area contributed by atoms with Gasteiger partial charge in [0, 0.05) is 29.6 Å². The Hall–Kier alpha value is -4.60. The highest BCUT2D eigenvalue weighted by Crippen LogP contribution is 2.27. The minimum atomic E-state index is -0.803. The summed E-state index contributed by atoms with van der Waals surface area (Å²) in [4.78, 5) is 26.0. The predicted octanol–water partition coefficient (Wildman–Crippen LogP) is 4.22. The number of rotatable bonds is 4. The van der Waals surface area contributed by atoms with Crippen molar-refractivity contribution in [2.45, 2.75) is 6.92 Å². The number of aryl methyl sites for hydroxylation is 2. The van der Waals surface area contributed by atoms with Crippen LogP contribution in [0.1, 0.15) is 15.9 Å². The van der Waals surface area contributed by atoms with E-state index in [-0.39, 0.29) is 17.2 Å². The first-order valence-electron chi connectivity index (χ1n) is 10.2. The highest BCUT2D eigenvalue weighted by Gasteiger charge is 2.20. The molecular formula is C24H17F2N5O3. The first kappa shape index (κ1) is 21.3. The third kappa shape index (κ3) is 3.45. The number of halogens is 2. The van der Waals surface area contributed by atoms with E-state index in [0.717, 1.165) is 22.4 Å². The molecule has 5 rings (SSSR count). The molecule has 8 nitrogen and oxygen atoms in total. The maximum absolute atomic E-state index is 14.4. The SMILES string of the molecule is Cc1ccc(C(=O)Nc2ccon2)cc1-c1cc2cnn(-c3c(F)cccc3F)c2n(C)c1=O. The van der Waals surface area contributed by atoms with Gasteiger partial charge in [-0.3, -0.25) is 14.2 Å². The van der Waals surface area contributed by atoms with Gasteiger partial charge >= 0.3 is 0 Å². The van der Waals surface area contributed by atoms with E-state index >= 15 is 0 Å². The summed E-state index contributed by atoms with van der Waals surface area (Å²) in [5.41, 5.74) is 1.38. The van der Waals surface area contributed by atoms with Crippen LogP contribution in [0, 0.1) is 18.6 Å². The van der Waals surface area contributed by atoms with E-state index in [4.69, 9.17) is 4.52 Å². The molecule has 0 fully saturated rings. The smallest absolute Gasteiger partial charge is 0.259 e. The molecule has 0 saturated carbocycles. The summed E-state index contributed by atoms with van der Waals surface area (Å²) in [6.45, 7) is 1.82. The second-order valence-electron chi connectivity index (χ2n) is 7.70. The summed E-state index contributed by atoms with van der Waals surface area (Å²) in [5, 5.41) is 10.9. The van der Waals surface area contributed by atoms with Crippen LogP contribution >= 0.6 is 0 Å². The molecule has 10 heteroatoms. The van der Waals surface area contributed by atoms with Crippen LogP contribution in [0.4, 0.5) is 14.6 Å². The normalized spacial score (nSPS) is 11.2. The summed E-state index contributed by atoms with van der Waals surface area (Å²) < 4.78 is 35.9. The van der Waals surface area contributed by atoms with Crippen LogP contribution < -0.4 is 10.9 Å². The molecule has 2 aromatic carbocycles. The molecule has 170 valence electrons. The lowest BCUT2D eigenvalue weighted by molar-refractivity contribution is 0.102. The minimum Gasteiger partial charge on any atom is -0.363 e. The molecule has 34 heavy (non-hydrogen) atoms. The number of hydrogen-bond acceptors (Lipinski definition) is 5. The zero-order chi connectivity index (χ0) is 24.0. The van der Waals surface area contributed by atoms with Crippen molar-refractivity contribution in [2.24, 2.45) is 7.05 Å². The van der Waals surface area contributed by atoms with E-state index in [9.17, 15) is 18.4 Å². The van der Waals surface area contributed by atoms with Gasteiger partial charge in [0.05, 0.1) is 6.20 Å². The van der Waals surface area contributed by atoms with E-state index in [1.807, 2.05) is 6.92 Å². The molecule has 0 aliphatic carbocycles. The molecule has 1 amide bonds. The number of carbonyl (C=O) groups excluding carboxylic acids is 1. The second-order valence-corrected chi connectivity index (χ2v) is 7.70. The Morgan fingerprint density at radius 2 is 1.82 bits per heavy atom. The van der Waals surface area contributed by atoms with E-state index in [2.05, 4.69) is 15.6 Å². The summed E-state index contributed by atoms with van der Waals surface area (Å²) in [5.74, 6) is -1.76. The molecule has 0 atom stereocenters. The minimum absolute atomic E-state index is 0.232. The summed E-state index contributed by atoms with van der Waals surface area (Å²) >= 11 is 0. The molecule has 1 N–H and O–H groups in total. The molecule has 3 aromatic heterocycles. The number of carbonyl (C=O) groups is 1. The van der Waals surface area contributed by atoms with Gasteiger partial charge in [-0.05, 0) is 48.4 Å². The van der Waals surface area contributed by atoms with Crippen molar-refractivity contribution in [1.29, 1.82) is 0 Å². The molecule has 0 unspecified atom stereocenters. The van der Waals surface area contributed by atoms with E-state index in [1.165, 1.54) is 36.2 Å². The maximum Gasteiger partial charge on any atom is 0.259 e. The molecule has 0 radical (unpaired) electrons. The van der Waals surface area contributed by atoms with Gasteiger partial charge in [0.2, 0.25) is 0 Å². The van der Waals surface area contributed by atoms with Gasteiger partial charge in [0.15, 0.2) is 17.5 Å². The molecule has 0 saturated heterocycles. The molecule has 0 spiro atoms. The summed E-state index contributed by atoms with van der Waals surface area (Å²) in [6, 6.07) is 11.6. The van der Waals surface area contributed by atoms with Gasteiger partial charge in [-0.1, -0.05) is 17.3 Å². The van der Waals surface area contributed by atoms with Crippen LogP contribution in [0.5, 0.6) is 0 Å². The quantitative estimate of drug-likeness (QED) is 0.433. The number of amides is 1. The van der Waals surface area contributed by atoms with Crippen molar-refractivity contribution >= 4 is 22.8 Å². The van der Waals surface area contributed by atoms with Gasteiger partial charge in [-0.25, -0.2) is 13.5 Å². The fraction of sp³-hybridized carbons (Fsp3) is 0.0833.